The molecule has 2 atom stereocenters. The molecule has 0 aliphatic heterocycles. The van der Waals surface area contributed by atoms with Crippen LogP contribution in [0.15, 0.2) is 12.3 Å². The van der Waals surface area contributed by atoms with Gasteiger partial charge in [-0.2, -0.15) is 0 Å². The van der Waals surface area contributed by atoms with Gasteiger partial charge < -0.3 is 5.32 Å². The van der Waals surface area contributed by atoms with Gasteiger partial charge in [-0.25, -0.2) is 13.4 Å². The van der Waals surface area contributed by atoms with Crippen LogP contribution in [0.1, 0.15) is 25.7 Å². The Bertz CT molecular complexity index is 650. The van der Waals surface area contributed by atoms with Crippen molar-refractivity contribution in [1.29, 1.82) is 0 Å². The lowest BCUT2D eigenvalue weighted by Crippen LogP contribution is -2.34. The summed E-state index contributed by atoms with van der Waals surface area (Å²) in [4.78, 5) is 14.0. The standard InChI is InChI=1S/C12H16ClN3O4S/c1-21(19,20)10-4-2-3-8(5-10)15-12-11(13)6-9(7-14-12)16(17)18/h6-8,10H,2-5H2,1H3,(H,14,15). The van der Waals surface area contributed by atoms with E-state index < -0.39 is 14.8 Å². The first-order valence-electron chi connectivity index (χ1n) is 6.52. The lowest BCUT2D eigenvalue weighted by Gasteiger charge is -2.29. The topological polar surface area (TPSA) is 102 Å². The number of rotatable bonds is 4. The first-order chi connectivity index (χ1) is 9.77. The fourth-order valence-corrected chi connectivity index (χ4v) is 3.88. The van der Waals surface area contributed by atoms with Crippen molar-refractivity contribution < 1.29 is 13.3 Å². The van der Waals surface area contributed by atoms with Crippen LogP contribution < -0.4 is 5.32 Å². The third-order valence-electron chi connectivity index (χ3n) is 3.61. The minimum Gasteiger partial charge on any atom is -0.366 e. The summed E-state index contributed by atoms with van der Waals surface area (Å²) in [6.07, 6.45) is 5.16. The van der Waals surface area contributed by atoms with Crippen LogP contribution >= 0.6 is 11.6 Å². The van der Waals surface area contributed by atoms with Gasteiger partial charge in [0.1, 0.15) is 21.9 Å². The molecule has 1 aromatic rings. The van der Waals surface area contributed by atoms with Gasteiger partial charge in [0.25, 0.3) is 5.69 Å². The van der Waals surface area contributed by atoms with Crippen molar-refractivity contribution in [3.05, 3.63) is 27.4 Å². The first kappa shape index (κ1) is 16.0. The van der Waals surface area contributed by atoms with Crippen LogP contribution in [0.25, 0.3) is 0 Å². The number of pyridine rings is 1. The maximum absolute atomic E-state index is 11.6. The van der Waals surface area contributed by atoms with Crippen molar-refractivity contribution in [3.8, 4) is 0 Å². The molecule has 1 heterocycles. The third kappa shape index (κ3) is 4.04. The number of hydrogen-bond acceptors (Lipinski definition) is 6. The Kier molecular flexibility index (Phi) is 4.67. The molecule has 0 amide bonds. The Morgan fingerprint density at radius 3 is 2.76 bits per heavy atom. The highest BCUT2D eigenvalue weighted by atomic mass is 35.5. The predicted molar refractivity (Wildman–Crippen MR) is 80.4 cm³/mol. The molecule has 7 nitrogen and oxygen atoms in total. The van der Waals surface area contributed by atoms with E-state index in [9.17, 15) is 18.5 Å². The van der Waals surface area contributed by atoms with Gasteiger partial charge in [-0.1, -0.05) is 18.0 Å². The molecule has 2 rings (SSSR count). The Balaban J connectivity index is 2.09. The van der Waals surface area contributed by atoms with Crippen molar-refractivity contribution in [2.75, 3.05) is 11.6 Å². The van der Waals surface area contributed by atoms with E-state index in [0.29, 0.717) is 18.7 Å². The van der Waals surface area contributed by atoms with E-state index in [0.717, 1.165) is 19.0 Å². The molecule has 0 bridgehead atoms. The van der Waals surface area contributed by atoms with Gasteiger partial charge in [-0.05, 0) is 19.3 Å². The molecule has 1 aliphatic rings. The molecule has 0 aromatic carbocycles. The lowest BCUT2D eigenvalue weighted by atomic mass is 9.95. The summed E-state index contributed by atoms with van der Waals surface area (Å²) >= 11 is 5.97. The van der Waals surface area contributed by atoms with Crippen molar-refractivity contribution in [1.82, 2.24) is 4.98 Å². The number of aromatic nitrogens is 1. The number of halogens is 1. The number of nitro groups is 1. The molecule has 2 unspecified atom stereocenters. The zero-order valence-electron chi connectivity index (χ0n) is 11.5. The molecule has 1 N–H and O–H groups in total. The Hall–Kier alpha value is -1.41. The molecule has 1 aliphatic carbocycles. The minimum atomic E-state index is -3.06. The number of sulfone groups is 1. The zero-order chi connectivity index (χ0) is 15.6. The van der Waals surface area contributed by atoms with Gasteiger partial charge in [-0.15, -0.1) is 0 Å². The van der Waals surface area contributed by atoms with Crippen LogP contribution in [0.5, 0.6) is 0 Å². The average molecular weight is 334 g/mol. The number of nitrogens with zero attached hydrogens (tertiary/aromatic N) is 2. The summed E-state index contributed by atoms with van der Waals surface area (Å²) < 4.78 is 23.3. The van der Waals surface area contributed by atoms with E-state index in [1.165, 1.54) is 12.3 Å². The molecule has 1 aromatic heterocycles. The number of hydrogen-bond donors (Lipinski definition) is 1. The summed E-state index contributed by atoms with van der Waals surface area (Å²) in [7, 11) is -3.06. The maximum atomic E-state index is 11.6. The normalized spacial score (nSPS) is 22.8. The maximum Gasteiger partial charge on any atom is 0.289 e. The Morgan fingerprint density at radius 1 is 1.48 bits per heavy atom. The Labute approximate surface area is 127 Å². The fourth-order valence-electron chi connectivity index (χ4n) is 2.49. The highest BCUT2D eigenvalue weighted by Gasteiger charge is 2.29. The molecule has 116 valence electrons. The molecular formula is C12H16ClN3O4S. The van der Waals surface area contributed by atoms with Gasteiger partial charge >= 0.3 is 0 Å². The highest BCUT2D eigenvalue weighted by Crippen LogP contribution is 2.29. The zero-order valence-corrected chi connectivity index (χ0v) is 13.0. The third-order valence-corrected chi connectivity index (χ3v) is 5.54. The van der Waals surface area contributed by atoms with E-state index in [4.69, 9.17) is 11.6 Å². The number of nitrogens with one attached hydrogen (secondary N) is 1. The molecule has 1 fully saturated rings. The van der Waals surface area contributed by atoms with Crippen LogP contribution in [-0.4, -0.2) is 35.9 Å². The summed E-state index contributed by atoms with van der Waals surface area (Å²) in [6.45, 7) is 0. The largest absolute Gasteiger partial charge is 0.366 e. The van der Waals surface area contributed by atoms with Crippen molar-refractivity contribution in [3.63, 3.8) is 0 Å². The summed E-state index contributed by atoms with van der Waals surface area (Å²) in [6, 6.07) is 1.18. The van der Waals surface area contributed by atoms with E-state index in [2.05, 4.69) is 10.3 Å². The van der Waals surface area contributed by atoms with Gasteiger partial charge in [-0.3, -0.25) is 10.1 Å². The van der Waals surface area contributed by atoms with Gasteiger partial charge in [0.2, 0.25) is 0 Å². The van der Waals surface area contributed by atoms with Crippen LogP contribution in [0, 0.1) is 10.1 Å². The second-order valence-corrected chi connectivity index (χ2v) is 7.97. The monoisotopic (exact) mass is 333 g/mol. The van der Waals surface area contributed by atoms with Crippen molar-refractivity contribution >= 4 is 32.9 Å². The second-order valence-electron chi connectivity index (χ2n) is 5.24. The lowest BCUT2D eigenvalue weighted by molar-refractivity contribution is -0.385. The molecular weight excluding hydrogens is 318 g/mol. The molecule has 1 saturated carbocycles. The van der Waals surface area contributed by atoms with Crippen molar-refractivity contribution in [2.45, 2.75) is 37.0 Å². The second kappa shape index (κ2) is 6.15. The first-order valence-corrected chi connectivity index (χ1v) is 8.86. The fraction of sp³-hybridized carbons (Fsp3) is 0.583. The van der Waals surface area contributed by atoms with Gasteiger partial charge in [0, 0.05) is 18.4 Å². The van der Waals surface area contributed by atoms with Crippen LogP contribution in [0.4, 0.5) is 11.5 Å². The summed E-state index contributed by atoms with van der Waals surface area (Å²) in [5.41, 5.74) is -0.178. The van der Waals surface area contributed by atoms with E-state index in [-0.39, 0.29) is 22.0 Å². The average Bonchev–Trinajstić information content (AvgIpc) is 2.40. The van der Waals surface area contributed by atoms with Crippen LogP contribution in [-0.2, 0) is 9.84 Å². The van der Waals surface area contributed by atoms with E-state index in [1.807, 2.05) is 0 Å². The molecule has 0 radical (unpaired) electrons. The van der Waals surface area contributed by atoms with Crippen LogP contribution in [0.2, 0.25) is 5.02 Å². The van der Waals surface area contributed by atoms with Gasteiger partial charge in [0.15, 0.2) is 0 Å². The summed E-state index contributed by atoms with van der Waals surface area (Å²) in [5, 5.41) is 13.5. The van der Waals surface area contributed by atoms with E-state index >= 15 is 0 Å². The van der Waals surface area contributed by atoms with E-state index in [1.54, 1.807) is 0 Å². The SMILES string of the molecule is CS(=O)(=O)C1CCCC(Nc2ncc([N+](=O)[O-])cc2Cl)C1. The minimum absolute atomic E-state index is 0.0510. The molecule has 0 saturated heterocycles. The summed E-state index contributed by atoms with van der Waals surface area (Å²) in [5.74, 6) is 0.349. The predicted octanol–water partition coefficient (Wildman–Crippen LogP) is 2.41. The highest BCUT2D eigenvalue weighted by molar-refractivity contribution is 7.91. The molecule has 9 heteroatoms. The Morgan fingerprint density at radius 2 is 2.19 bits per heavy atom. The molecule has 0 spiro atoms. The smallest absolute Gasteiger partial charge is 0.289 e. The molecule has 21 heavy (non-hydrogen) atoms. The number of anilines is 1. The van der Waals surface area contributed by atoms with Crippen LogP contribution in [0.3, 0.4) is 0 Å². The van der Waals surface area contributed by atoms with Gasteiger partial charge in [0.05, 0.1) is 15.2 Å². The quantitative estimate of drug-likeness (QED) is 0.670. The van der Waals surface area contributed by atoms with Crippen molar-refractivity contribution in [2.24, 2.45) is 0 Å².